The van der Waals surface area contributed by atoms with Gasteiger partial charge in [-0.05, 0) is 19.1 Å². The molecule has 0 spiro atoms. The number of hydrogen-bond donors (Lipinski definition) is 1. The molecule has 2 heteroatoms. The maximum atomic E-state index is 3.55. The van der Waals surface area contributed by atoms with E-state index >= 15 is 0 Å². The Bertz CT molecular complexity index is 381. The summed E-state index contributed by atoms with van der Waals surface area (Å²) in [4.78, 5) is 0. The van der Waals surface area contributed by atoms with Crippen molar-refractivity contribution in [3.05, 3.63) is 57.9 Å². The van der Waals surface area contributed by atoms with E-state index in [0.717, 1.165) is 15.9 Å². The van der Waals surface area contributed by atoms with Crippen LogP contribution in [0.5, 0.6) is 0 Å². The smallest absolute Gasteiger partial charge is 0.0466 e. The number of allylic oxidation sites excluding steroid dienone is 8. The average molecular weight is 236 g/mol. The molecule has 0 aromatic carbocycles. The number of nitrogens with one attached hydrogen (secondary N) is 1. The molecule has 0 fully saturated rings. The lowest BCUT2D eigenvalue weighted by Gasteiger charge is -2.18. The number of fused-ring (bicyclic) bond motifs is 1. The summed E-state index contributed by atoms with van der Waals surface area (Å²) in [5, 5.41) is 3.32. The van der Waals surface area contributed by atoms with E-state index < -0.39 is 0 Å². The fourth-order valence-electron chi connectivity index (χ4n) is 1.38. The highest BCUT2D eigenvalue weighted by Gasteiger charge is 2.11. The summed E-state index contributed by atoms with van der Waals surface area (Å²) in [5.41, 5.74) is 3.51. The van der Waals surface area contributed by atoms with Crippen LogP contribution in [0.15, 0.2) is 57.9 Å². The average Bonchev–Trinajstić information content (AvgIpc) is 2.28. The van der Waals surface area contributed by atoms with Crippen molar-refractivity contribution in [2.75, 3.05) is 0 Å². The first kappa shape index (κ1) is 8.57. The van der Waals surface area contributed by atoms with E-state index in [-0.39, 0.29) is 0 Å². The van der Waals surface area contributed by atoms with Crippen LogP contribution < -0.4 is 5.32 Å². The van der Waals surface area contributed by atoms with Gasteiger partial charge in [-0.3, -0.25) is 0 Å². The van der Waals surface area contributed by atoms with Gasteiger partial charge in [0.05, 0.1) is 0 Å². The van der Waals surface area contributed by atoms with Crippen LogP contribution in [-0.4, -0.2) is 0 Å². The molecule has 0 aromatic heterocycles. The van der Waals surface area contributed by atoms with Crippen LogP contribution in [0.2, 0.25) is 0 Å². The van der Waals surface area contributed by atoms with E-state index in [9.17, 15) is 0 Å². The topological polar surface area (TPSA) is 12.0 Å². The molecular formula is C11H10BrN. The maximum Gasteiger partial charge on any atom is 0.0466 e. The Labute approximate surface area is 86.3 Å². The highest BCUT2D eigenvalue weighted by molar-refractivity contribution is 9.11. The van der Waals surface area contributed by atoms with Crippen molar-refractivity contribution in [2.45, 2.75) is 6.92 Å². The Hall–Kier alpha value is -1.02. The second-order valence-electron chi connectivity index (χ2n) is 3.04. The third-order valence-corrected chi connectivity index (χ3v) is 2.63. The first-order valence-electron chi connectivity index (χ1n) is 4.18. The van der Waals surface area contributed by atoms with Crippen LogP contribution in [-0.2, 0) is 0 Å². The zero-order chi connectivity index (χ0) is 9.26. The second kappa shape index (κ2) is 3.38. The quantitative estimate of drug-likeness (QED) is 0.681. The summed E-state index contributed by atoms with van der Waals surface area (Å²) in [6, 6.07) is 0. The molecule has 0 unspecified atom stereocenters. The summed E-state index contributed by atoms with van der Waals surface area (Å²) >= 11 is 3.55. The van der Waals surface area contributed by atoms with Crippen LogP contribution in [0.4, 0.5) is 0 Å². The second-order valence-corrected chi connectivity index (χ2v) is 3.89. The third kappa shape index (κ3) is 1.68. The van der Waals surface area contributed by atoms with Gasteiger partial charge in [-0.2, -0.15) is 0 Å². The molecule has 0 amide bonds. The standard InChI is InChI=1S/C11H10BrN/c1-8-7-10(12)9-5-3-2-4-6-11(9)13-8/h2-7,13H,1H3. The first-order chi connectivity index (χ1) is 6.27. The molecule has 13 heavy (non-hydrogen) atoms. The summed E-state index contributed by atoms with van der Waals surface area (Å²) < 4.78 is 1.13. The van der Waals surface area contributed by atoms with Crippen LogP contribution in [0, 0.1) is 0 Å². The molecule has 2 aliphatic rings. The lowest BCUT2D eigenvalue weighted by atomic mass is 10.1. The zero-order valence-corrected chi connectivity index (χ0v) is 8.93. The molecule has 2 rings (SSSR count). The fraction of sp³-hybridized carbons (Fsp3) is 0.0909. The van der Waals surface area contributed by atoms with Crippen LogP contribution in [0.3, 0.4) is 0 Å². The van der Waals surface area contributed by atoms with Crippen molar-refractivity contribution in [2.24, 2.45) is 0 Å². The van der Waals surface area contributed by atoms with Gasteiger partial charge in [0.1, 0.15) is 0 Å². The van der Waals surface area contributed by atoms with Gasteiger partial charge < -0.3 is 5.32 Å². The first-order valence-corrected chi connectivity index (χ1v) is 4.97. The number of rotatable bonds is 0. The Morgan fingerprint density at radius 2 is 2.08 bits per heavy atom. The minimum Gasteiger partial charge on any atom is -0.359 e. The normalized spacial score (nSPS) is 20.2. The highest BCUT2D eigenvalue weighted by atomic mass is 79.9. The van der Waals surface area contributed by atoms with E-state index in [0.29, 0.717) is 0 Å². The SMILES string of the molecule is CC1=CC(Br)=C2C=CC=CC=C2N1. The van der Waals surface area contributed by atoms with Crippen molar-refractivity contribution >= 4 is 15.9 Å². The van der Waals surface area contributed by atoms with Crippen molar-refractivity contribution in [3.63, 3.8) is 0 Å². The molecule has 66 valence electrons. The fourth-order valence-corrected chi connectivity index (χ4v) is 2.07. The highest BCUT2D eigenvalue weighted by Crippen LogP contribution is 2.27. The van der Waals surface area contributed by atoms with E-state index in [1.165, 1.54) is 5.57 Å². The van der Waals surface area contributed by atoms with Crippen LogP contribution in [0.25, 0.3) is 0 Å². The molecule has 1 aliphatic carbocycles. The zero-order valence-electron chi connectivity index (χ0n) is 7.34. The number of dihydropyridines is 1. The third-order valence-electron chi connectivity index (χ3n) is 1.97. The molecule has 1 N–H and O–H groups in total. The largest absolute Gasteiger partial charge is 0.359 e. The minimum atomic E-state index is 1.13. The van der Waals surface area contributed by atoms with E-state index in [4.69, 9.17) is 0 Å². The lowest BCUT2D eigenvalue weighted by Crippen LogP contribution is -2.15. The van der Waals surface area contributed by atoms with Gasteiger partial charge >= 0.3 is 0 Å². The monoisotopic (exact) mass is 235 g/mol. The van der Waals surface area contributed by atoms with E-state index in [1.807, 2.05) is 18.2 Å². The Morgan fingerprint density at radius 3 is 2.92 bits per heavy atom. The van der Waals surface area contributed by atoms with Crippen LogP contribution >= 0.6 is 15.9 Å². The number of halogens is 1. The molecule has 0 radical (unpaired) electrons. The maximum absolute atomic E-state index is 3.55. The molecule has 0 saturated carbocycles. The summed E-state index contributed by atoms with van der Waals surface area (Å²) in [5.74, 6) is 0. The number of hydrogen-bond acceptors (Lipinski definition) is 1. The minimum absolute atomic E-state index is 1.13. The van der Waals surface area contributed by atoms with Gasteiger partial charge in [0, 0.05) is 21.4 Å². The van der Waals surface area contributed by atoms with Gasteiger partial charge in [0.25, 0.3) is 0 Å². The molecule has 0 bridgehead atoms. The summed E-state index contributed by atoms with van der Waals surface area (Å²) in [7, 11) is 0. The van der Waals surface area contributed by atoms with E-state index in [1.54, 1.807) is 0 Å². The Balaban J connectivity index is 2.53. The van der Waals surface area contributed by atoms with Gasteiger partial charge in [-0.15, -0.1) is 0 Å². The Morgan fingerprint density at radius 1 is 1.23 bits per heavy atom. The predicted molar refractivity (Wildman–Crippen MR) is 59.2 cm³/mol. The van der Waals surface area contributed by atoms with E-state index in [2.05, 4.69) is 46.4 Å². The molecule has 1 heterocycles. The van der Waals surface area contributed by atoms with Crippen molar-refractivity contribution in [3.8, 4) is 0 Å². The molecule has 0 atom stereocenters. The van der Waals surface area contributed by atoms with Gasteiger partial charge in [-0.1, -0.05) is 40.2 Å². The lowest BCUT2D eigenvalue weighted by molar-refractivity contribution is 0.970. The molecule has 0 saturated heterocycles. The summed E-state index contributed by atoms with van der Waals surface area (Å²) in [6.07, 6.45) is 12.3. The van der Waals surface area contributed by atoms with Crippen molar-refractivity contribution in [1.82, 2.24) is 5.32 Å². The van der Waals surface area contributed by atoms with Crippen LogP contribution in [0.1, 0.15) is 6.92 Å². The molecule has 1 nitrogen and oxygen atoms in total. The Kier molecular flexibility index (Phi) is 2.23. The van der Waals surface area contributed by atoms with Gasteiger partial charge in [0.15, 0.2) is 0 Å². The molecular weight excluding hydrogens is 226 g/mol. The molecule has 1 aliphatic heterocycles. The molecule has 0 aromatic rings. The van der Waals surface area contributed by atoms with Gasteiger partial charge in [-0.25, -0.2) is 0 Å². The van der Waals surface area contributed by atoms with Crippen molar-refractivity contribution in [1.29, 1.82) is 0 Å². The predicted octanol–water partition coefficient (Wildman–Crippen LogP) is 3.15. The summed E-state index contributed by atoms with van der Waals surface area (Å²) in [6.45, 7) is 2.05. The van der Waals surface area contributed by atoms with Crippen molar-refractivity contribution < 1.29 is 0 Å². The van der Waals surface area contributed by atoms with Gasteiger partial charge in [0.2, 0.25) is 0 Å².